The van der Waals surface area contributed by atoms with E-state index in [9.17, 15) is 4.79 Å². The van der Waals surface area contributed by atoms with Gasteiger partial charge in [0.15, 0.2) is 0 Å². The van der Waals surface area contributed by atoms with Crippen molar-refractivity contribution in [2.75, 3.05) is 13.7 Å². The molecule has 1 unspecified atom stereocenters. The molecule has 1 rings (SSSR count). The lowest BCUT2D eigenvalue weighted by Gasteiger charge is -2.26. The van der Waals surface area contributed by atoms with E-state index in [1.807, 2.05) is 31.2 Å². The van der Waals surface area contributed by atoms with E-state index in [4.69, 9.17) is 10.5 Å². The largest absolute Gasteiger partial charge is 0.497 e. The molecule has 0 saturated carbocycles. The molecule has 0 aliphatic carbocycles. The average Bonchev–Trinajstić information content (AvgIpc) is 2.43. The van der Waals surface area contributed by atoms with E-state index in [0.29, 0.717) is 6.54 Å². The Morgan fingerprint density at radius 2 is 2.05 bits per heavy atom. The first-order valence-corrected chi connectivity index (χ1v) is 7.41. The van der Waals surface area contributed by atoms with Crippen LogP contribution in [0.4, 0.5) is 0 Å². The van der Waals surface area contributed by atoms with Gasteiger partial charge in [0.2, 0.25) is 5.91 Å². The number of carbonyl (C=O) groups excluding carboxylic acids is 1. The molecule has 0 bridgehead atoms. The molecule has 0 aromatic heterocycles. The quantitative estimate of drug-likeness (QED) is 0.847. The zero-order chi connectivity index (χ0) is 16.0. The van der Waals surface area contributed by atoms with Crippen molar-refractivity contribution in [3.8, 4) is 5.75 Å². The fourth-order valence-electron chi connectivity index (χ4n) is 2.35. The first-order valence-electron chi connectivity index (χ1n) is 7.41. The maximum absolute atomic E-state index is 12.4. The van der Waals surface area contributed by atoms with E-state index in [1.54, 1.807) is 7.11 Å². The summed E-state index contributed by atoms with van der Waals surface area (Å²) in [6.07, 6.45) is 0.778. The van der Waals surface area contributed by atoms with Gasteiger partial charge in [-0.15, -0.1) is 0 Å². The molecule has 1 aromatic carbocycles. The summed E-state index contributed by atoms with van der Waals surface area (Å²) in [5, 5.41) is 3.05. The van der Waals surface area contributed by atoms with Crippen LogP contribution in [0, 0.1) is 11.3 Å². The number of hydrogen-bond acceptors (Lipinski definition) is 3. The molecule has 2 atom stereocenters. The monoisotopic (exact) mass is 292 g/mol. The Hall–Kier alpha value is -1.55. The Morgan fingerprint density at radius 1 is 1.38 bits per heavy atom. The summed E-state index contributed by atoms with van der Waals surface area (Å²) in [6.45, 7) is 8.70. The van der Waals surface area contributed by atoms with Crippen molar-refractivity contribution in [1.29, 1.82) is 0 Å². The molecule has 0 aliphatic heterocycles. The van der Waals surface area contributed by atoms with Crippen molar-refractivity contribution in [1.82, 2.24) is 5.32 Å². The lowest BCUT2D eigenvalue weighted by Crippen LogP contribution is -2.38. The molecule has 4 nitrogen and oxygen atoms in total. The number of amides is 1. The zero-order valence-electron chi connectivity index (χ0n) is 13.8. The Labute approximate surface area is 128 Å². The molecular weight excluding hydrogens is 264 g/mol. The third-order valence-electron chi connectivity index (χ3n) is 3.47. The van der Waals surface area contributed by atoms with Gasteiger partial charge in [0.1, 0.15) is 5.75 Å². The van der Waals surface area contributed by atoms with Crippen LogP contribution in [0.25, 0.3) is 0 Å². The second kappa shape index (κ2) is 7.46. The van der Waals surface area contributed by atoms with E-state index in [2.05, 4.69) is 26.1 Å². The smallest absolute Gasteiger partial charge is 0.224 e. The van der Waals surface area contributed by atoms with Gasteiger partial charge in [0.05, 0.1) is 19.1 Å². The van der Waals surface area contributed by atoms with E-state index >= 15 is 0 Å². The number of benzene rings is 1. The number of rotatable bonds is 6. The Kier molecular flexibility index (Phi) is 6.21. The SMILES string of the molecule is COc1cccc([C@H](C)NC(=O)C(CN)CC(C)(C)C)c1. The Bertz CT molecular complexity index is 466. The third kappa shape index (κ3) is 5.76. The molecule has 118 valence electrons. The van der Waals surface area contributed by atoms with E-state index < -0.39 is 0 Å². The number of nitrogens with two attached hydrogens (primary N) is 1. The predicted octanol–water partition coefficient (Wildman–Crippen LogP) is 2.88. The second-order valence-corrected chi connectivity index (χ2v) is 6.70. The summed E-state index contributed by atoms with van der Waals surface area (Å²) in [5.41, 5.74) is 6.87. The first-order chi connectivity index (χ1) is 9.76. The topological polar surface area (TPSA) is 64.3 Å². The summed E-state index contributed by atoms with van der Waals surface area (Å²) >= 11 is 0. The second-order valence-electron chi connectivity index (χ2n) is 6.70. The minimum Gasteiger partial charge on any atom is -0.497 e. The van der Waals surface area contributed by atoms with Gasteiger partial charge in [0, 0.05) is 6.54 Å². The molecule has 0 saturated heterocycles. The highest BCUT2D eigenvalue weighted by molar-refractivity contribution is 5.79. The number of methoxy groups -OCH3 is 1. The minimum absolute atomic E-state index is 0.0164. The molecule has 0 spiro atoms. The van der Waals surface area contributed by atoms with E-state index in [0.717, 1.165) is 17.7 Å². The van der Waals surface area contributed by atoms with Gasteiger partial charge >= 0.3 is 0 Å². The van der Waals surface area contributed by atoms with Crippen molar-refractivity contribution >= 4 is 5.91 Å². The van der Waals surface area contributed by atoms with Gasteiger partial charge in [-0.05, 0) is 36.5 Å². The van der Waals surface area contributed by atoms with Gasteiger partial charge in [0.25, 0.3) is 0 Å². The van der Waals surface area contributed by atoms with Crippen LogP contribution in [-0.2, 0) is 4.79 Å². The normalized spacial score (nSPS) is 14.4. The summed E-state index contributed by atoms with van der Waals surface area (Å²) in [5.74, 6) is 0.652. The van der Waals surface area contributed by atoms with Gasteiger partial charge in [-0.2, -0.15) is 0 Å². The Morgan fingerprint density at radius 3 is 2.57 bits per heavy atom. The van der Waals surface area contributed by atoms with Gasteiger partial charge in [-0.3, -0.25) is 4.79 Å². The minimum atomic E-state index is -0.155. The summed E-state index contributed by atoms with van der Waals surface area (Å²) in [7, 11) is 1.64. The van der Waals surface area contributed by atoms with Crippen LogP contribution < -0.4 is 15.8 Å². The first kappa shape index (κ1) is 17.5. The number of carbonyl (C=O) groups is 1. The molecule has 0 heterocycles. The maximum atomic E-state index is 12.4. The van der Waals surface area contributed by atoms with Crippen molar-refractivity contribution in [2.45, 2.75) is 40.2 Å². The molecule has 3 N–H and O–H groups in total. The highest BCUT2D eigenvalue weighted by atomic mass is 16.5. The molecule has 4 heteroatoms. The van der Waals surface area contributed by atoms with E-state index in [-0.39, 0.29) is 23.3 Å². The summed E-state index contributed by atoms with van der Waals surface area (Å²) < 4.78 is 5.21. The molecule has 1 amide bonds. The van der Waals surface area contributed by atoms with Crippen LogP contribution in [0.2, 0.25) is 0 Å². The van der Waals surface area contributed by atoms with Gasteiger partial charge in [-0.25, -0.2) is 0 Å². The number of nitrogens with one attached hydrogen (secondary N) is 1. The van der Waals surface area contributed by atoms with Gasteiger partial charge in [-0.1, -0.05) is 32.9 Å². The summed E-state index contributed by atoms with van der Waals surface area (Å²) in [4.78, 5) is 12.4. The van der Waals surface area contributed by atoms with E-state index in [1.165, 1.54) is 0 Å². The molecule has 1 aromatic rings. The fraction of sp³-hybridized carbons (Fsp3) is 0.588. The average molecular weight is 292 g/mol. The number of hydrogen-bond donors (Lipinski definition) is 2. The third-order valence-corrected chi connectivity index (χ3v) is 3.47. The molecule has 0 aliphatic rings. The summed E-state index contributed by atoms with van der Waals surface area (Å²) in [6, 6.07) is 7.66. The molecule has 21 heavy (non-hydrogen) atoms. The number of ether oxygens (including phenoxy) is 1. The molecular formula is C17H28N2O2. The van der Waals surface area contributed by atoms with Crippen molar-refractivity contribution in [3.05, 3.63) is 29.8 Å². The van der Waals surface area contributed by atoms with Crippen LogP contribution in [0.3, 0.4) is 0 Å². The highest BCUT2D eigenvalue weighted by Gasteiger charge is 2.24. The standard InChI is InChI=1S/C17H28N2O2/c1-12(13-7-6-8-15(9-13)21-5)19-16(20)14(11-18)10-17(2,3)4/h6-9,12,14H,10-11,18H2,1-5H3,(H,19,20)/t12-,14?/m0/s1. The van der Waals surface area contributed by atoms with Crippen LogP contribution in [-0.4, -0.2) is 19.6 Å². The molecule has 0 radical (unpaired) electrons. The lowest BCUT2D eigenvalue weighted by atomic mass is 9.84. The molecule has 0 fully saturated rings. The van der Waals surface area contributed by atoms with Gasteiger partial charge < -0.3 is 15.8 Å². The van der Waals surface area contributed by atoms with Crippen LogP contribution in [0.5, 0.6) is 5.75 Å². The van der Waals surface area contributed by atoms with Crippen molar-refractivity contribution < 1.29 is 9.53 Å². The fourth-order valence-corrected chi connectivity index (χ4v) is 2.35. The Balaban J connectivity index is 2.71. The lowest BCUT2D eigenvalue weighted by molar-refractivity contribution is -0.126. The van der Waals surface area contributed by atoms with Crippen LogP contribution in [0.15, 0.2) is 24.3 Å². The zero-order valence-corrected chi connectivity index (χ0v) is 13.8. The predicted molar refractivity (Wildman–Crippen MR) is 86.2 cm³/mol. The maximum Gasteiger partial charge on any atom is 0.224 e. The van der Waals surface area contributed by atoms with Crippen molar-refractivity contribution in [3.63, 3.8) is 0 Å². The van der Waals surface area contributed by atoms with Crippen LogP contribution >= 0.6 is 0 Å². The van der Waals surface area contributed by atoms with Crippen LogP contribution in [0.1, 0.15) is 45.7 Å². The highest BCUT2D eigenvalue weighted by Crippen LogP contribution is 2.25. The van der Waals surface area contributed by atoms with Crippen molar-refractivity contribution in [2.24, 2.45) is 17.1 Å².